The fourth-order valence-electron chi connectivity index (χ4n) is 2.38. The molecule has 5 nitrogen and oxygen atoms in total. The van der Waals surface area contributed by atoms with Crippen LogP contribution < -0.4 is 19.5 Å². The van der Waals surface area contributed by atoms with Crippen LogP contribution in [0.3, 0.4) is 0 Å². The Morgan fingerprint density at radius 1 is 1.04 bits per heavy atom. The van der Waals surface area contributed by atoms with Gasteiger partial charge in [-0.1, -0.05) is 15.9 Å². The topological polar surface area (TPSA) is 56.8 Å². The van der Waals surface area contributed by atoms with Gasteiger partial charge in [0.05, 0.1) is 27.8 Å². The molecule has 1 amide bonds. The number of rotatable bonds is 6. The number of nitrogens with one attached hydrogen (secondary N) is 1. The number of halogens is 1. The van der Waals surface area contributed by atoms with Crippen molar-refractivity contribution in [2.75, 3.05) is 26.6 Å². The van der Waals surface area contributed by atoms with Crippen molar-refractivity contribution < 1.29 is 19.0 Å². The standard InChI is InChI=1S/C18H20BrNO4/c1-11-7-13(19)5-6-14(11)20-17(21)10-12-8-15(22-2)18(24-4)16(9-12)23-3/h5-9H,10H2,1-4H3,(H,20,21). The highest BCUT2D eigenvalue weighted by molar-refractivity contribution is 9.10. The lowest BCUT2D eigenvalue weighted by Gasteiger charge is -2.14. The molecule has 0 bridgehead atoms. The summed E-state index contributed by atoms with van der Waals surface area (Å²) in [7, 11) is 4.64. The van der Waals surface area contributed by atoms with Gasteiger partial charge in [0, 0.05) is 10.2 Å². The number of carbonyl (C=O) groups is 1. The van der Waals surface area contributed by atoms with Crippen molar-refractivity contribution in [1.82, 2.24) is 0 Å². The predicted molar refractivity (Wildman–Crippen MR) is 97.3 cm³/mol. The number of hydrogen-bond acceptors (Lipinski definition) is 4. The molecule has 0 radical (unpaired) electrons. The van der Waals surface area contributed by atoms with Gasteiger partial charge < -0.3 is 19.5 Å². The molecule has 2 aromatic carbocycles. The fourth-order valence-corrected chi connectivity index (χ4v) is 2.86. The van der Waals surface area contributed by atoms with Crippen LogP contribution in [0.5, 0.6) is 17.2 Å². The minimum absolute atomic E-state index is 0.116. The Bertz CT molecular complexity index is 721. The molecule has 2 rings (SSSR count). The molecule has 0 saturated carbocycles. The molecule has 0 aliphatic carbocycles. The fraction of sp³-hybridized carbons (Fsp3) is 0.278. The first-order chi connectivity index (χ1) is 11.5. The molecule has 0 fully saturated rings. The van der Waals surface area contributed by atoms with Gasteiger partial charge in [0.25, 0.3) is 0 Å². The van der Waals surface area contributed by atoms with Crippen LogP contribution in [-0.2, 0) is 11.2 Å². The van der Waals surface area contributed by atoms with E-state index in [4.69, 9.17) is 14.2 Å². The van der Waals surface area contributed by atoms with Gasteiger partial charge in [-0.05, 0) is 48.4 Å². The zero-order chi connectivity index (χ0) is 17.7. The lowest BCUT2D eigenvalue weighted by atomic mass is 10.1. The van der Waals surface area contributed by atoms with Crippen LogP contribution in [0.2, 0.25) is 0 Å². The SMILES string of the molecule is COc1cc(CC(=O)Nc2ccc(Br)cc2C)cc(OC)c1OC. The minimum atomic E-state index is -0.116. The highest BCUT2D eigenvalue weighted by Crippen LogP contribution is 2.38. The summed E-state index contributed by atoms with van der Waals surface area (Å²) in [5.41, 5.74) is 2.55. The lowest BCUT2D eigenvalue weighted by Crippen LogP contribution is -2.15. The van der Waals surface area contributed by atoms with Crippen molar-refractivity contribution in [2.24, 2.45) is 0 Å². The third-order valence-corrected chi connectivity index (χ3v) is 4.04. The normalized spacial score (nSPS) is 10.2. The molecule has 0 aromatic heterocycles. The van der Waals surface area contributed by atoms with Crippen molar-refractivity contribution in [1.29, 1.82) is 0 Å². The number of benzene rings is 2. The Morgan fingerprint density at radius 2 is 1.67 bits per heavy atom. The first kappa shape index (κ1) is 18.1. The van der Waals surface area contributed by atoms with Crippen LogP contribution in [0, 0.1) is 6.92 Å². The molecule has 24 heavy (non-hydrogen) atoms. The zero-order valence-electron chi connectivity index (χ0n) is 14.1. The van der Waals surface area contributed by atoms with Crippen LogP contribution in [0.4, 0.5) is 5.69 Å². The molecule has 0 unspecified atom stereocenters. The Hall–Kier alpha value is -2.21. The second kappa shape index (κ2) is 8.06. The van der Waals surface area contributed by atoms with Gasteiger partial charge in [-0.3, -0.25) is 4.79 Å². The van der Waals surface area contributed by atoms with Gasteiger partial charge in [0.2, 0.25) is 11.7 Å². The average Bonchev–Trinajstić information content (AvgIpc) is 2.56. The summed E-state index contributed by atoms with van der Waals surface area (Å²) < 4.78 is 16.9. The Morgan fingerprint density at radius 3 is 2.17 bits per heavy atom. The highest BCUT2D eigenvalue weighted by atomic mass is 79.9. The molecular formula is C18H20BrNO4. The molecule has 0 aliphatic heterocycles. The third-order valence-electron chi connectivity index (χ3n) is 3.55. The van der Waals surface area contributed by atoms with Gasteiger partial charge in [-0.2, -0.15) is 0 Å². The smallest absolute Gasteiger partial charge is 0.228 e. The number of ether oxygens (including phenoxy) is 3. The summed E-state index contributed by atoms with van der Waals surface area (Å²) in [5, 5.41) is 2.92. The van der Waals surface area contributed by atoms with Crippen molar-refractivity contribution in [3.63, 3.8) is 0 Å². The second-order valence-electron chi connectivity index (χ2n) is 5.22. The van der Waals surface area contributed by atoms with Crippen LogP contribution >= 0.6 is 15.9 Å². The zero-order valence-corrected chi connectivity index (χ0v) is 15.7. The van der Waals surface area contributed by atoms with Crippen LogP contribution in [0.25, 0.3) is 0 Å². The number of aryl methyl sites for hydroxylation is 1. The van der Waals surface area contributed by atoms with E-state index in [9.17, 15) is 4.79 Å². The van der Waals surface area contributed by atoms with E-state index >= 15 is 0 Å². The maximum absolute atomic E-state index is 12.3. The molecule has 6 heteroatoms. The van der Waals surface area contributed by atoms with Gasteiger partial charge in [0.1, 0.15) is 0 Å². The van der Waals surface area contributed by atoms with Crippen molar-refractivity contribution in [3.05, 3.63) is 45.9 Å². The second-order valence-corrected chi connectivity index (χ2v) is 6.13. The molecule has 128 valence electrons. The molecule has 1 N–H and O–H groups in total. The highest BCUT2D eigenvalue weighted by Gasteiger charge is 2.15. The first-order valence-electron chi connectivity index (χ1n) is 7.33. The maximum Gasteiger partial charge on any atom is 0.228 e. The summed E-state index contributed by atoms with van der Waals surface area (Å²) >= 11 is 3.41. The number of amides is 1. The quantitative estimate of drug-likeness (QED) is 0.806. The van der Waals surface area contributed by atoms with Crippen molar-refractivity contribution in [2.45, 2.75) is 13.3 Å². The van der Waals surface area contributed by atoms with Gasteiger partial charge in [0.15, 0.2) is 11.5 Å². The largest absolute Gasteiger partial charge is 0.493 e. The Kier molecular flexibility index (Phi) is 6.09. The summed E-state index contributed by atoms with van der Waals surface area (Å²) in [6.07, 6.45) is 0.201. The van der Waals surface area contributed by atoms with E-state index < -0.39 is 0 Å². The van der Waals surface area contributed by atoms with E-state index in [0.29, 0.717) is 17.2 Å². The Labute approximate surface area is 150 Å². The summed E-state index contributed by atoms with van der Waals surface area (Å²) in [6.45, 7) is 1.94. The molecular weight excluding hydrogens is 374 g/mol. The molecule has 2 aromatic rings. The van der Waals surface area contributed by atoms with Crippen LogP contribution in [0.15, 0.2) is 34.8 Å². The molecule has 0 atom stereocenters. The monoisotopic (exact) mass is 393 g/mol. The summed E-state index contributed by atoms with van der Waals surface area (Å²) in [5.74, 6) is 1.45. The van der Waals surface area contributed by atoms with Gasteiger partial charge in [-0.15, -0.1) is 0 Å². The number of methoxy groups -OCH3 is 3. The van der Waals surface area contributed by atoms with Gasteiger partial charge in [-0.25, -0.2) is 0 Å². The number of anilines is 1. The number of carbonyl (C=O) groups excluding carboxylic acids is 1. The van der Waals surface area contributed by atoms with E-state index in [1.54, 1.807) is 33.5 Å². The Balaban J connectivity index is 2.19. The van der Waals surface area contributed by atoms with E-state index in [1.165, 1.54) is 0 Å². The van der Waals surface area contributed by atoms with E-state index in [0.717, 1.165) is 21.3 Å². The third kappa shape index (κ3) is 4.20. The molecule has 0 spiro atoms. The molecule has 0 heterocycles. The summed E-state index contributed by atoms with van der Waals surface area (Å²) in [4.78, 5) is 12.3. The van der Waals surface area contributed by atoms with Gasteiger partial charge >= 0.3 is 0 Å². The maximum atomic E-state index is 12.3. The van der Waals surface area contributed by atoms with Crippen molar-refractivity contribution >= 4 is 27.5 Å². The summed E-state index contributed by atoms with van der Waals surface area (Å²) in [6, 6.07) is 9.26. The first-order valence-corrected chi connectivity index (χ1v) is 8.12. The predicted octanol–water partition coefficient (Wildman–Crippen LogP) is 3.96. The van der Waals surface area contributed by atoms with Crippen LogP contribution in [0.1, 0.15) is 11.1 Å². The number of hydrogen-bond donors (Lipinski definition) is 1. The molecule has 0 saturated heterocycles. The lowest BCUT2D eigenvalue weighted by molar-refractivity contribution is -0.115. The van der Waals surface area contributed by atoms with E-state index in [1.807, 2.05) is 25.1 Å². The molecule has 0 aliphatic rings. The minimum Gasteiger partial charge on any atom is -0.493 e. The van der Waals surface area contributed by atoms with E-state index in [2.05, 4.69) is 21.2 Å². The van der Waals surface area contributed by atoms with Crippen LogP contribution in [-0.4, -0.2) is 27.2 Å². The van der Waals surface area contributed by atoms with Crippen molar-refractivity contribution in [3.8, 4) is 17.2 Å². The average molecular weight is 394 g/mol. The van der Waals surface area contributed by atoms with E-state index in [-0.39, 0.29) is 12.3 Å².